The first-order valence-electron chi connectivity index (χ1n) is 29.4. The lowest BCUT2D eigenvalue weighted by molar-refractivity contribution is -0.163. The zero-order chi connectivity index (χ0) is 52.0. The van der Waals surface area contributed by atoms with E-state index in [9.17, 15) is 9.59 Å². The molecule has 0 aromatic carbocycles. The topological polar surface area (TPSA) is 61.8 Å². The quantitative estimate of drug-likeness (QED) is 0.0345. The fraction of sp³-hybridized carbons (Fsp3) is 0.612. The predicted molar refractivity (Wildman–Crippen MR) is 315 cm³/mol. The summed E-state index contributed by atoms with van der Waals surface area (Å²) in [6.45, 7) is 7.48. The number of unbranched alkanes of at least 4 members (excludes halogenated alkanes) is 17. The predicted octanol–water partition coefficient (Wildman–Crippen LogP) is 20.5. The number of ether oxygens (including phenoxy) is 3. The highest BCUT2D eigenvalue weighted by atomic mass is 16.6. The maximum atomic E-state index is 12.9. The summed E-state index contributed by atoms with van der Waals surface area (Å²) in [5.41, 5.74) is 0. The summed E-state index contributed by atoms with van der Waals surface area (Å²) in [6.07, 6.45) is 88.7. The Kier molecular flexibility index (Phi) is 57.5. The summed E-state index contributed by atoms with van der Waals surface area (Å²) < 4.78 is 17.4. The van der Waals surface area contributed by atoms with Gasteiger partial charge in [-0.15, -0.1) is 0 Å². The standard InChI is InChI=1S/C67H108O5/c1-4-7-10-13-16-19-22-25-28-31-34-36-39-42-45-48-51-54-57-60-66(68)71-64-65(63-70-62-59-56-53-50-47-44-41-38-33-30-27-24-21-18-15-12-9-6-3)72-67(69)61-58-55-52-49-46-43-40-37-35-32-29-26-23-20-17-14-11-8-5-2/h7-8,10-11,16-21,25-30,34-37,42-43,45-46,65H,4-6,9,12-15,22-24,31-33,38-41,44,47-64H2,1-3H3/b10-7-,11-8-,19-16-,20-17-,21-18-,28-25-,29-26-,30-27-,36-34-,37-35-,45-42-,46-43-. The first-order valence-corrected chi connectivity index (χ1v) is 29.4. The highest BCUT2D eigenvalue weighted by Crippen LogP contribution is 2.13. The number of hydrogen-bond acceptors (Lipinski definition) is 5. The van der Waals surface area contributed by atoms with E-state index in [0.717, 1.165) is 135 Å². The van der Waals surface area contributed by atoms with Gasteiger partial charge in [0, 0.05) is 19.4 Å². The van der Waals surface area contributed by atoms with Gasteiger partial charge < -0.3 is 14.2 Å². The molecule has 5 heteroatoms. The number of allylic oxidation sites excluding steroid dienone is 24. The van der Waals surface area contributed by atoms with E-state index in [1.807, 2.05) is 0 Å². The van der Waals surface area contributed by atoms with E-state index in [1.54, 1.807) is 0 Å². The first-order chi connectivity index (χ1) is 35.6. The van der Waals surface area contributed by atoms with Crippen molar-refractivity contribution in [1.29, 1.82) is 0 Å². The van der Waals surface area contributed by atoms with E-state index in [4.69, 9.17) is 14.2 Å². The molecule has 0 aromatic rings. The summed E-state index contributed by atoms with van der Waals surface area (Å²) in [6, 6.07) is 0. The number of carbonyl (C=O) groups is 2. The molecule has 0 fully saturated rings. The second-order valence-electron chi connectivity index (χ2n) is 18.8. The van der Waals surface area contributed by atoms with Gasteiger partial charge in [-0.05, 0) is 141 Å². The van der Waals surface area contributed by atoms with E-state index in [-0.39, 0.29) is 25.2 Å². The van der Waals surface area contributed by atoms with Gasteiger partial charge in [-0.25, -0.2) is 0 Å². The third kappa shape index (κ3) is 58.4. The zero-order valence-corrected chi connectivity index (χ0v) is 46.6. The van der Waals surface area contributed by atoms with Gasteiger partial charge in [0.15, 0.2) is 6.10 Å². The van der Waals surface area contributed by atoms with E-state index in [2.05, 4.69) is 167 Å². The molecule has 5 nitrogen and oxygen atoms in total. The Morgan fingerprint density at radius 1 is 0.319 bits per heavy atom. The second-order valence-corrected chi connectivity index (χ2v) is 18.8. The lowest BCUT2D eigenvalue weighted by atomic mass is 10.1. The first kappa shape index (κ1) is 67.8. The maximum absolute atomic E-state index is 12.9. The summed E-state index contributed by atoms with van der Waals surface area (Å²) in [5.74, 6) is -0.482. The van der Waals surface area contributed by atoms with Gasteiger partial charge in [0.25, 0.3) is 0 Å². The van der Waals surface area contributed by atoms with Crippen LogP contribution in [0.25, 0.3) is 0 Å². The molecule has 0 saturated heterocycles. The fourth-order valence-electron chi connectivity index (χ4n) is 7.53. The lowest BCUT2D eigenvalue weighted by Crippen LogP contribution is -2.30. The molecule has 72 heavy (non-hydrogen) atoms. The van der Waals surface area contributed by atoms with Crippen molar-refractivity contribution in [3.63, 3.8) is 0 Å². The number of rotatable bonds is 52. The van der Waals surface area contributed by atoms with Crippen LogP contribution in [0.4, 0.5) is 0 Å². The van der Waals surface area contributed by atoms with Crippen LogP contribution in [-0.4, -0.2) is 37.9 Å². The van der Waals surface area contributed by atoms with Crippen molar-refractivity contribution >= 4 is 11.9 Å². The van der Waals surface area contributed by atoms with Crippen molar-refractivity contribution in [2.45, 2.75) is 245 Å². The molecule has 0 N–H and O–H groups in total. The van der Waals surface area contributed by atoms with Gasteiger partial charge in [-0.2, -0.15) is 0 Å². The molecule has 0 saturated carbocycles. The summed E-state index contributed by atoms with van der Waals surface area (Å²) in [7, 11) is 0. The van der Waals surface area contributed by atoms with Gasteiger partial charge in [0.2, 0.25) is 0 Å². The molecule has 1 unspecified atom stereocenters. The molecule has 0 radical (unpaired) electrons. The van der Waals surface area contributed by atoms with Gasteiger partial charge in [-0.3, -0.25) is 9.59 Å². The molecular formula is C67H108O5. The average Bonchev–Trinajstić information content (AvgIpc) is 3.38. The van der Waals surface area contributed by atoms with Gasteiger partial charge in [-0.1, -0.05) is 231 Å². The minimum Gasteiger partial charge on any atom is -0.462 e. The SMILES string of the molecule is CC/C=C\C/C=C\C/C=C\C/C=C\C/C=C\CCCCCC(=O)OCC(COCCCCCCCCCC/C=C\C/C=C\CCCCC)OC(=O)CCCCC/C=C\C/C=C\C/C=C\C/C=C\C/C=C\CC. The van der Waals surface area contributed by atoms with Gasteiger partial charge in [0.1, 0.15) is 6.61 Å². The molecule has 0 aliphatic heterocycles. The van der Waals surface area contributed by atoms with Gasteiger partial charge >= 0.3 is 11.9 Å². The van der Waals surface area contributed by atoms with Crippen LogP contribution in [0, 0.1) is 0 Å². The summed E-state index contributed by atoms with van der Waals surface area (Å²) in [5, 5.41) is 0. The van der Waals surface area contributed by atoms with Crippen molar-refractivity contribution in [3.05, 3.63) is 146 Å². The maximum Gasteiger partial charge on any atom is 0.306 e. The summed E-state index contributed by atoms with van der Waals surface area (Å²) in [4.78, 5) is 25.6. The molecule has 0 aliphatic carbocycles. The Morgan fingerprint density at radius 2 is 0.625 bits per heavy atom. The van der Waals surface area contributed by atoms with Crippen molar-refractivity contribution in [2.24, 2.45) is 0 Å². The van der Waals surface area contributed by atoms with E-state index in [1.165, 1.54) is 70.6 Å². The molecule has 1 atom stereocenters. The van der Waals surface area contributed by atoms with Crippen LogP contribution < -0.4 is 0 Å². The Hall–Kier alpha value is -4.22. The third-order valence-corrected chi connectivity index (χ3v) is 11.8. The highest BCUT2D eigenvalue weighted by Gasteiger charge is 2.17. The van der Waals surface area contributed by atoms with Crippen LogP contribution in [-0.2, 0) is 23.8 Å². The molecule has 0 rings (SSSR count). The van der Waals surface area contributed by atoms with Crippen molar-refractivity contribution in [3.8, 4) is 0 Å². The van der Waals surface area contributed by atoms with Gasteiger partial charge in [0.05, 0.1) is 6.61 Å². The van der Waals surface area contributed by atoms with E-state index < -0.39 is 6.10 Å². The van der Waals surface area contributed by atoms with Crippen LogP contribution >= 0.6 is 0 Å². The van der Waals surface area contributed by atoms with Crippen LogP contribution in [0.1, 0.15) is 239 Å². The Bertz CT molecular complexity index is 1540. The average molecular weight is 994 g/mol. The Balaban J connectivity index is 4.46. The van der Waals surface area contributed by atoms with Crippen molar-refractivity contribution in [2.75, 3.05) is 19.8 Å². The van der Waals surface area contributed by atoms with Crippen LogP contribution in [0.3, 0.4) is 0 Å². The van der Waals surface area contributed by atoms with E-state index >= 15 is 0 Å². The minimum absolute atomic E-state index is 0.0423. The van der Waals surface area contributed by atoms with Crippen molar-refractivity contribution < 1.29 is 23.8 Å². The monoisotopic (exact) mass is 993 g/mol. The molecule has 0 spiro atoms. The Morgan fingerprint density at radius 3 is 1.00 bits per heavy atom. The van der Waals surface area contributed by atoms with Crippen molar-refractivity contribution in [1.82, 2.24) is 0 Å². The molecule has 0 aromatic heterocycles. The third-order valence-electron chi connectivity index (χ3n) is 11.8. The summed E-state index contributed by atoms with van der Waals surface area (Å²) >= 11 is 0. The fourth-order valence-corrected chi connectivity index (χ4v) is 7.53. The molecule has 406 valence electrons. The molecule has 0 aliphatic rings. The largest absolute Gasteiger partial charge is 0.462 e. The Labute approximate surface area is 444 Å². The number of carbonyl (C=O) groups excluding carboxylic acids is 2. The normalized spacial score (nSPS) is 13.3. The second kappa shape index (κ2) is 61.1. The van der Waals surface area contributed by atoms with Crippen LogP contribution in [0.2, 0.25) is 0 Å². The minimum atomic E-state index is -0.583. The molecule has 0 amide bonds. The molecule has 0 bridgehead atoms. The molecule has 0 heterocycles. The van der Waals surface area contributed by atoms with Crippen LogP contribution in [0.15, 0.2) is 146 Å². The smallest absolute Gasteiger partial charge is 0.306 e. The van der Waals surface area contributed by atoms with Crippen LogP contribution in [0.5, 0.6) is 0 Å². The number of hydrogen-bond donors (Lipinski definition) is 0. The number of esters is 2. The lowest BCUT2D eigenvalue weighted by Gasteiger charge is -2.18. The highest BCUT2D eigenvalue weighted by molar-refractivity contribution is 5.70. The molecular weight excluding hydrogens is 885 g/mol. The van der Waals surface area contributed by atoms with E-state index in [0.29, 0.717) is 19.4 Å². The zero-order valence-electron chi connectivity index (χ0n) is 46.6.